The summed E-state index contributed by atoms with van der Waals surface area (Å²) in [4.78, 5) is 12.6. The highest BCUT2D eigenvalue weighted by Crippen LogP contribution is 2.34. The molecule has 0 aliphatic rings. The van der Waals surface area contributed by atoms with Crippen LogP contribution >= 0.6 is 34.8 Å². The van der Waals surface area contributed by atoms with E-state index in [0.29, 0.717) is 10.6 Å². The van der Waals surface area contributed by atoms with Gasteiger partial charge in [-0.3, -0.25) is 0 Å². The van der Waals surface area contributed by atoms with E-state index in [0.717, 1.165) is 40.8 Å². The van der Waals surface area contributed by atoms with Crippen LogP contribution in [0.2, 0.25) is 15.1 Å². The summed E-state index contributed by atoms with van der Waals surface area (Å²) in [6.45, 7) is 4.25. The number of carbonyl (C=O) groups is 1. The number of carbonyl (C=O) groups excluding carboxylic acids is 1. The maximum Gasteiger partial charge on any atom is 0.343 e. The first kappa shape index (κ1) is 26.1. The Bertz CT molecular complexity index is 1330. The van der Waals surface area contributed by atoms with E-state index in [9.17, 15) is 4.79 Å². The molecule has 4 rings (SSSR count). The van der Waals surface area contributed by atoms with Crippen molar-refractivity contribution in [1.29, 1.82) is 0 Å². The fraction of sp³-hybridized carbons (Fsp3) is 0.167. The van der Waals surface area contributed by atoms with Gasteiger partial charge in [0.1, 0.15) is 5.75 Å². The van der Waals surface area contributed by atoms with Gasteiger partial charge in [0, 0.05) is 6.07 Å². The van der Waals surface area contributed by atoms with Crippen LogP contribution in [-0.4, -0.2) is 12.1 Å². The lowest BCUT2D eigenvalue weighted by Gasteiger charge is -2.14. The van der Waals surface area contributed by atoms with Crippen LogP contribution < -0.4 is 9.47 Å². The van der Waals surface area contributed by atoms with Crippen molar-refractivity contribution in [2.24, 2.45) is 0 Å². The first-order chi connectivity index (χ1) is 17.3. The standard InChI is InChI=1S/C30H25Cl3O3/c1-3-4-19(2)35-25-15-13-23(14-16-25)21-7-5-20(6-8-21)22-9-11-24(12-10-22)30(34)36-29-18-27(32)26(31)17-28(29)33/h5-19H,3-4H2,1-2H3. The summed E-state index contributed by atoms with van der Waals surface area (Å²) in [6.07, 6.45) is 2.35. The van der Waals surface area contributed by atoms with Gasteiger partial charge in [0.05, 0.1) is 26.7 Å². The number of ether oxygens (including phenoxy) is 2. The van der Waals surface area contributed by atoms with Crippen molar-refractivity contribution in [3.8, 4) is 33.8 Å². The third-order valence-corrected chi connectivity index (χ3v) is 6.75. The zero-order valence-electron chi connectivity index (χ0n) is 19.9. The molecule has 0 amide bonds. The highest BCUT2D eigenvalue weighted by Gasteiger charge is 2.14. The van der Waals surface area contributed by atoms with Crippen molar-refractivity contribution in [1.82, 2.24) is 0 Å². The number of benzene rings is 4. The molecule has 0 spiro atoms. The molecule has 0 aliphatic carbocycles. The maximum absolute atomic E-state index is 12.6. The largest absolute Gasteiger partial charge is 0.491 e. The number of esters is 1. The van der Waals surface area contributed by atoms with Crippen molar-refractivity contribution < 1.29 is 14.3 Å². The van der Waals surface area contributed by atoms with Gasteiger partial charge in [0.15, 0.2) is 5.75 Å². The zero-order valence-corrected chi connectivity index (χ0v) is 22.2. The first-order valence-corrected chi connectivity index (χ1v) is 12.8. The first-order valence-electron chi connectivity index (χ1n) is 11.7. The Balaban J connectivity index is 1.42. The second kappa shape index (κ2) is 11.8. The monoisotopic (exact) mass is 538 g/mol. The van der Waals surface area contributed by atoms with Crippen molar-refractivity contribution in [3.05, 3.63) is 106 Å². The van der Waals surface area contributed by atoms with E-state index >= 15 is 0 Å². The van der Waals surface area contributed by atoms with E-state index in [1.54, 1.807) is 12.1 Å². The van der Waals surface area contributed by atoms with Gasteiger partial charge in [-0.1, -0.05) is 96.7 Å². The molecule has 184 valence electrons. The molecule has 0 saturated heterocycles. The molecule has 0 aliphatic heterocycles. The Hall–Kier alpha value is -2.98. The van der Waals surface area contributed by atoms with Gasteiger partial charge in [-0.05, 0) is 65.9 Å². The minimum absolute atomic E-state index is 0.158. The Morgan fingerprint density at radius 1 is 0.722 bits per heavy atom. The summed E-state index contributed by atoms with van der Waals surface area (Å²) >= 11 is 18.0. The molecule has 4 aromatic rings. The second-order valence-corrected chi connectivity index (χ2v) is 9.70. The SMILES string of the molecule is CCCC(C)Oc1ccc(-c2ccc(-c3ccc(C(=O)Oc4cc(Cl)c(Cl)cc4Cl)cc3)cc2)cc1. The van der Waals surface area contributed by atoms with Gasteiger partial charge >= 0.3 is 5.97 Å². The highest BCUT2D eigenvalue weighted by atomic mass is 35.5. The lowest BCUT2D eigenvalue weighted by Crippen LogP contribution is -2.10. The van der Waals surface area contributed by atoms with Crippen molar-refractivity contribution in [2.45, 2.75) is 32.8 Å². The third kappa shape index (κ3) is 6.41. The molecule has 36 heavy (non-hydrogen) atoms. The minimum atomic E-state index is -0.534. The average Bonchev–Trinajstić information content (AvgIpc) is 2.88. The van der Waals surface area contributed by atoms with E-state index < -0.39 is 5.97 Å². The Kier molecular flexibility index (Phi) is 8.58. The molecule has 1 atom stereocenters. The quantitative estimate of drug-likeness (QED) is 0.127. The lowest BCUT2D eigenvalue weighted by atomic mass is 9.99. The second-order valence-electron chi connectivity index (χ2n) is 8.48. The molecule has 0 radical (unpaired) electrons. The lowest BCUT2D eigenvalue weighted by molar-refractivity contribution is 0.0735. The van der Waals surface area contributed by atoms with Crippen LogP contribution in [0.5, 0.6) is 11.5 Å². The van der Waals surface area contributed by atoms with Crippen LogP contribution in [0.4, 0.5) is 0 Å². The van der Waals surface area contributed by atoms with Crippen LogP contribution in [0.25, 0.3) is 22.3 Å². The molecule has 1 unspecified atom stereocenters. The molecule has 3 nitrogen and oxygen atoms in total. The minimum Gasteiger partial charge on any atom is -0.491 e. The molecule has 0 fully saturated rings. The summed E-state index contributed by atoms with van der Waals surface area (Å²) < 4.78 is 11.3. The molecular formula is C30H25Cl3O3. The van der Waals surface area contributed by atoms with E-state index in [4.69, 9.17) is 44.3 Å². The Morgan fingerprint density at radius 2 is 1.19 bits per heavy atom. The van der Waals surface area contributed by atoms with Crippen LogP contribution in [0.3, 0.4) is 0 Å². The molecule has 0 saturated carbocycles. The fourth-order valence-electron chi connectivity index (χ4n) is 3.82. The van der Waals surface area contributed by atoms with E-state index in [2.05, 4.69) is 50.2 Å². The normalized spacial score (nSPS) is 11.7. The summed E-state index contributed by atoms with van der Waals surface area (Å²) in [5, 5.41) is 0.760. The molecular weight excluding hydrogens is 515 g/mol. The van der Waals surface area contributed by atoms with Gasteiger partial charge in [0.2, 0.25) is 0 Å². The van der Waals surface area contributed by atoms with Gasteiger partial charge in [-0.25, -0.2) is 4.79 Å². The summed E-state index contributed by atoms with van der Waals surface area (Å²) in [5.74, 6) is 0.510. The van der Waals surface area contributed by atoms with E-state index in [1.807, 2.05) is 24.3 Å². The van der Waals surface area contributed by atoms with Crippen molar-refractivity contribution >= 4 is 40.8 Å². The maximum atomic E-state index is 12.6. The van der Waals surface area contributed by atoms with Gasteiger partial charge in [-0.15, -0.1) is 0 Å². The number of hydrogen-bond donors (Lipinski definition) is 0. The van der Waals surface area contributed by atoms with Gasteiger partial charge < -0.3 is 9.47 Å². The summed E-state index contributed by atoms with van der Waals surface area (Å²) in [7, 11) is 0. The molecule has 6 heteroatoms. The molecule has 0 aromatic heterocycles. The van der Waals surface area contributed by atoms with Crippen molar-refractivity contribution in [2.75, 3.05) is 0 Å². The topological polar surface area (TPSA) is 35.5 Å². The molecule has 4 aromatic carbocycles. The van der Waals surface area contributed by atoms with Crippen LogP contribution in [0.1, 0.15) is 37.0 Å². The van der Waals surface area contributed by atoms with E-state index in [1.165, 1.54) is 12.1 Å². The van der Waals surface area contributed by atoms with Crippen LogP contribution in [-0.2, 0) is 0 Å². The number of rotatable bonds is 8. The smallest absolute Gasteiger partial charge is 0.343 e. The number of halogens is 3. The molecule has 0 bridgehead atoms. The third-order valence-electron chi connectivity index (χ3n) is 5.74. The summed E-state index contributed by atoms with van der Waals surface area (Å²) in [6, 6.07) is 26.5. The molecule has 0 heterocycles. The predicted molar refractivity (Wildman–Crippen MR) is 149 cm³/mol. The Morgan fingerprint density at radius 3 is 1.72 bits per heavy atom. The number of hydrogen-bond acceptors (Lipinski definition) is 3. The summed E-state index contributed by atoms with van der Waals surface area (Å²) in [5.41, 5.74) is 4.66. The average molecular weight is 540 g/mol. The van der Waals surface area contributed by atoms with Gasteiger partial charge in [-0.2, -0.15) is 0 Å². The zero-order chi connectivity index (χ0) is 25.7. The van der Waals surface area contributed by atoms with E-state index in [-0.39, 0.29) is 21.9 Å². The molecule has 0 N–H and O–H groups in total. The predicted octanol–water partition coefficient (Wildman–Crippen LogP) is 9.77. The highest BCUT2D eigenvalue weighted by molar-refractivity contribution is 6.43. The fourth-order valence-corrected chi connectivity index (χ4v) is 4.39. The van der Waals surface area contributed by atoms with Crippen LogP contribution in [0.15, 0.2) is 84.9 Å². The van der Waals surface area contributed by atoms with Crippen LogP contribution in [0, 0.1) is 0 Å². The Labute approximate surface area is 226 Å². The van der Waals surface area contributed by atoms with Crippen molar-refractivity contribution in [3.63, 3.8) is 0 Å². The van der Waals surface area contributed by atoms with Gasteiger partial charge in [0.25, 0.3) is 0 Å².